The number of ketones is 1. The van der Waals surface area contributed by atoms with Gasteiger partial charge in [0.25, 0.3) is 0 Å². The summed E-state index contributed by atoms with van der Waals surface area (Å²) in [5.74, 6) is -1.27. The van der Waals surface area contributed by atoms with E-state index in [1.165, 1.54) is 0 Å². The predicted molar refractivity (Wildman–Crippen MR) is 99.7 cm³/mol. The van der Waals surface area contributed by atoms with Crippen LogP contribution in [0.5, 0.6) is 0 Å². The Morgan fingerprint density at radius 1 is 1.22 bits per heavy atom. The molecule has 3 unspecified atom stereocenters. The molecule has 0 radical (unpaired) electrons. The lowest BCUT2D eigenvalue weighted by atomic mass is 9.46. The van der Waals surface area contributed by atoms with Gasteiger partial charge in [0.15, 0.2) is 5.78 Å². The van der Waals surface area contributed by atoms with Crippen LogP contribution >= 0.6 is 0 Å². The summed E-state index contributed by atoms with van der Waals surface area (Å²) in [7, 11) is 0. The topological polar surface area (TPSA) is 94.8 Å². The zero-order valence-corrected chi connectivity index (χ0v) is 16.3. The molecule has 0 saturated heterocycles. The number of fused-ring (bicyclic) bond motifs is 5. The summed E-state index contributed by atoms with van der Waals surface area (Å²) in [6.07, 6.45) is 6.71. The van der Waals surface area contributed by atoms with E-state index in [0.717, 1.165) is 18.4 Å². The second kappa shape index (κ2) is 6.02. The minimum Gasteiger partial charge on any atom is -0.481 e. The van der Waals surface area contributed by atoms with Crippen molar-refractivity contribution in [1.82, 2.24) is 0 Å². The molecular weight excluding hydrogens is 344 g/mol. The summed E-state index contributed by atoms with van der Waals surface area (Å²) < 4.78 is 0. The first-order valence-electron chi connectivity index (χ1n) is 10.1. The van der Waals surface area contributed by atoms with Gasteiger partial charge in [-0.3, -0.25) is 9.59 Å². The zero-order valence-electron chi connectivity index (χ0n) is 16.3. The van der Waals surface area contributed by atoms with E-state index in [2.05, 4.69) is 6.92 Å². The molecule has 3 saturated carbocycles. The van der Waals surface area contributed by atoms with E-state index in [0.29, 0.717) is 12.8 Å². The van der Waals surface area contributed by atoms with Gasteiger partial charge in [0.05, 0.1) is 18.1 Å². The number of aliphatic hydroxyl groups is 2. The lowest BCUT2D eigenvalue weighted by Gasteiger charge is -2.60. The summed E-state index contributed by atoms with van der Waals surface area (Å²) in [5, 5.41) is 31.8. The van der Waals surface area contributed by atoms with E-state index in [1.807, 2.05) is 13.0 Å². The van der Waals surface area contributed by atoms with E-state index in [4.69, 9.17) is 0 Å². The molecule has 9 atom stereocenters. The Morgan fingerprint density at radius 3 is 2.59 bits per heavy atom. The van der Waals surface area contributed by atoms with Crippen LogP contribution in [-0.2, 0) is 9.59 Å². The first kappa shape index (κ1) is 18.9. The van der Waals surface area contributed by atoms with Crippen LogP contribution in [0.2, 0.25) is 0 Å². The number of aliphatic carboxylic acids is 1. The smallest absolute Gasteiger partial charge is 0.306 e. The van der Waals surface area contributed by atoms with Crippen LogP contribution in [0.25, 0.3) is 0 Å². The maximum atomic E-state index is 11.9. The monoisotopic (exact) mass is 374 g/mol. The highest BCUT2D eigenvalue weighted by molar-refractivity contribution is 6.01. The Bertz CT molecular complexity index is 739. The number of carbonyl (C=O) groups excluding carboxylic acids is 1. The third kappa shape index (κ3) is 2.44. The van der Waals surface area contributed by atoms with Gasteiger partial charge in [0, 0.05) is 10.8 Å². The minimum atomic E-state index is -0.814. The molecule has 27 heavy (non-hydrogen) atoms. The molecule has 4 aliphatic rings. The van der Waals surface area contributed by atoms with Crippen molar-refractivity contribution >= 4 is 11.8 Å². The minimum absolute atomic E-state index is 0.0180. The van der Waals surface area contributed by atoms with Crippen molar-refractivity contribution in [3.8, 4) is 0 Å². The Balaban J connectivity index is 1.74. The highest BCUT2D eigenvalue weighted by atomic mass is 16.4. The fraction of sp³-hybridized carbons (Fsp3) is 0.727. The fourth-order valence-electron chi connectivity index (χ4n) is 7.17. The van der Waals surface area contributed by atoms with Crippen LogP contribution in [0.3, 0.4) is 0 Å². The molecule has 4 rings (SSSR count). The molecule has 3 fully saturated rings. The van der Waals surface area contributed by atoms with Crippen LogP contribution in [0.15, 0.2) is 23.8 Å². The lowest BCUT2D eigenvalue weighted by Crippen LogP contribution is -2.60. The molecule has 0 aromatic carbocycles. The van der Waals surface area contributed by atoms with Gasteiger partial charge in [-0.2, -0.15) is 0 Å². The average molecular weight is 374 g/mol. The van der Waals surface area contributed by atoms with Crippen LogP contribution in [-0.4, -0.2) is 39.3 Å². The third-order valence-electron chi connectivity index (χ3n) is 8.75. The average Bonchev–Trinajstić information content (AvgIpc) is 2.95. The molecule has 148 valence electrons. The fourth-order valence-corrected chi connectivity index (χ4v) is 7.17. The van der Waals surface area contributed by atoms with Gasteiger partial charge in [-0.1, -0.05) is 32.4 Å². The molecular formula is C22H30O5. The van der Waals surface area contributed by atoms with E-state index in [-0.39, 0.29) is 34.9 Å². The van der Waals surface area contributed by atoms with Gasteiger partial charge in [0.1, 0.15) is 0 Å². The number of allylic oxidation sites excluding steroid dienone is 3. The molecule has 0 bridgehead atoms. The Morgan fingerprint density at radius 2 is 1.93 bits per heavy atom. The SMILES string of the molecule is CC(C(=O)O)[C@H]1CC[C@H]2[C@@H]3C(O)CC4=CC(=O)C=C[C@]4(C)[C@H]3CC(O)[C@]12C. The van der Waals surface area contributed by atoms with Crippen molar-refractivity contribution in [2.24, 2.45) is 40.4 Å². The van der Waals surface area contributed by atoms with Crippen LogP contribution in [0.1, 0.15) is 46.5 Å². The van der Waals surface area contributed by atoms with E-state index in [1.54, 1.807) is 19.1 Å². The van der Waals surface area contributed by atoms with Crippen molar-refractivity contribution in [3.05, 3.63) is 23.8 Å². The molecule has 5 nitrogen and oxygen atoms in total. The molecule has 0 amide bonds. The Kier molecular flexibility index (Phi) is 4.21. The normalized spacial score (nSPS) is 49.7. The molecule has 3 N–H and O–H groups in total. The van der Waals surface area contributed by atoms with E-state index >= 15 is 0 Å². The van der Waals surface area contributed by atoms with Gasteiger partial charge >= 0.3 is 5.97 Å². The van der Waals surface area contributed by atoms with Gasteiger partial charge in [-0.15, -0.1) is 0 Å². The van der Waals surface area contributed by atoms with Crippen LogP contribution in [0.4, 0.5) is 0 Å². The number of rotatable bonds is 2. The largest absolute Gasteiger partial charge is 0.481 e. The van der Waals surface area contributed by atoms with Crippen molar-refractivity contribution < 1.29 is 24.9 Å². The first-order valence-corrected chi connectivity index (χ1v) is 10.1. The second-order valence-electron chi connectivity index (χ2n) is 9.68. The summed E-state index contributed by atoms with van der Waals surface area (Å²) in [6, 6.07) is 0. The molecule has 0 aromatic heterocycles. The van der Waals surface area contributed by atoms with E-state index in [9.17, 15) is 24.9 Å². The highest BCUT2D eigenvalue weighted by Gasteiger charge is 2.65. The van der Waals surface area contributed by atoms with Crippen molar-refractivity contribution in [3.63, 3.8) is 0 Å². The number of carboxylic acids is 1. The lowest BCUT2D eigenvalue weighted by molar-refractivity contribution is -0.167. The molecule has 0 spiro atoms. The van der Waals surface area contributed by atoms with E-state index < -0.39 is 29.5 Å². The third-order valence-corrected chi connectivity index (χ3v) is 8.75. The van der Waals surface area contributed by atoms with Gasteiger partial charge in [-0.25, -0.2) is 0 Å². The van der Waals surface area contributed by atoms with Crippen LogP contribution in [0, 0.1) is 40.4 Å². The van der Waals surface area contributed by atoms with Crippen molar-refractivity contribution in [2.45, 2.75) is 58.7 Å². The standard InChI is InChI=1S/C22H30O5/c1-11(20(26)27)14-4-5-15-19-16(10-18(25)22(14,15)3)21(2)7-6-13(23)8-12(21)9-17(19)24/h6-8,11,14-19,24-25H,4-5,9-10H2,1-3H3,(H,26,27)/t11?,14-,15+,16+,17?,18?,19+,21+,22-/m1/s1. The molecule has 0 aromatic rings. The highest BCUT2D eigenvalue weighted by Crippen LogP contribution is 2.66. The maximum absolute atomic E-state index is 11.9. The second-order valence-corrected chi connectivity index (χ2v) is 9.68. The quantitative estimate of drug-likeness (QED) is 0.690. The number of carbonyl (C=O) groups is 2. The molecule has 0 aliphatic heterocycles. The molecule has 0 heterocycles. The first-order chi connectivity index (χ1) is 12.6. The number of aliphatic hydroxyl groups excluding tert-OH is 2. The summed E-state index contributed by atoms with van der Waals surface area (Å²) in [5.41, 5.74) is 0.149. The maximum Gasteiger partial charge on any atom is 0.306 e. The Hall–Kier alpha value is -1.46. The summed E-state index contributed by atoms with van der Waals surface area (Å²) >= 11 is 0. The van der Waals surface area contributed by atoms with Gasteiger partial charge in [-0.05, 0) is 61.5 Å². The number of hydrogen-bond acceptors (Lipinski definition) is 4. The summed E-state index contributed by atoms with van der Waals surface area (Å²) in [6.45, 7) is 5.90. The number of carboxylic acid groups (broad SMARTS) is 1. The number of hydrogen-bond donors (Lipinski definition) is 3. The zero-order chi connectivity index (χ0) is 19.7. The van der Waals surface area contributed by atoms with Gasteiger partial charge < -0.3 is 15.3 Å². The van der Waals surface area contributed by atoms with Crippen LogP contribution < -0.4 is 0 Å². The molecule has 4 aliphatic carbocycles. The predicted octanol–water partition coefficient (Wildman–Crippen LogP) is 2.57. The molecule has 5 heteroatoms. The van der Waals surface area contributed by atoms with Crippen molar-refractivity contribution in [1.29, 1.82) is 0 Å². The Labute approximate surface area is 160 Å². The van der Waals surface area contributed by atoms with Gasteiger partial charge in [0.2, 0.25) is 0 Å². The van der Waals surface area contributed by atoms with Crippen molar-refractivity contribution in [2.75, 3.05) is 0 Å². The summed E-state index contributed by atoms with van der Waals surface area (Å²) in [4.78, 5) is 23.5.